The van der Waals surface area contributed by atoms with Crippen molar-refractivity contribution in [3.05, 3.63) is 34.9 Å². The van der Waals surface area contributed by atoms with Crippen molar-refractivity contribution in [1.29, 1.82) is 0 Å². The van der Waals surface area contributed by atoms with Gasteiger partial charge in [0, 0.05) is 36.6 Å². The van der Waals surface area contributed by atoms with Crippen LogP contribution in [0.4, 0.5) is 0 Å². The molecule has 5 N–H and O–H groups in total. The van der Waals surface area contributed by atoms with E-state index in [1.54, 1.807) is 60.6 Å². The van der Waals surface area contributed by atoms with Crippen molar-refractivity contribution in [2.24, 2.45) is 17.8 Å². The Morgan fingerprint density at radius 2 is 1.60 bits per heavy atom. The highest BCUT2D eigenvalue weighted by molar-refractivity contribution is 6.30. The van der Waals surface area contributed by atoms with Crippen LogP contribution < -0.4 is 5.32 Å². The van der Waals surface area contributed by atoms with Crippen LogP contribution in [0.1, 0.15) is 105 Å². The summed E-state index contributed by atoms with van der Waals surface area (Å²) < 4.78 is 44.0. The van der Waals surface area contributed by atoms with E-state index in [9.17, 15) is 30.0 Å². The Balaban J connectivity index is 1.82. The number of aliphatic hydroxyl groups excluding tert-OH is 2. The first kappa shape index (κ1) is 50.7. The van der Waals surface area contributed by atoms with Crippen LogP contribution in [0.5, 0.6) is 0 Å². The lowest BCUT2D eigenvalue weighted by Gasteiger charge is -2.48. The second-order valence-electron chi connectivity index (χ2n) is 18.6. The van der Waals surface area contributed by atoms with Crippen molar-refractivity contribution in [1.82, 2.24) is 10.2 Å². The van der Waals surface area contributed by atoms with Gasteiger partial charge in [-0.25, -0.2) is 4.79 Å². The van der Waals surface area contributed by atoms with Crippen LogP contribution in [0.15, 0.2) is 24.3 Å². The molecule has 16 heteroatoms. The van der Waals surface area contributed by atoms with E-state index < -0.39 is 102 Å². The molecule has 1 aromatic carbocycles. The van der Waals surface area contributed by atoms with Gasteiger partial charge in [-0.1, -0.05) is 32.4 Å². The van der Waals surface area contributed by atoms with Gasteiger partial charge in [0.25, 0.3) is 0 Å². The highest BCUT2D eigenvalue weighted by Gasteiger charge is 2.53. The smallest absolute Gasteiger partial charge is 0.338 e. The summed E-state index contributed by atoms with van der Waals surface area (Å²) in [5, 5.41) is 51.5. The number of aliphatic hydroxyl groups is 4. The van der Waals surface area contributed by atoms with Gasteiger partial charge in [0.2, 0.25) is 0 Å². The number of hydrogen-bond acceptors (Lipinski definition) is 15. The standard InChI is InChI=1S/C44H73ClN2O13/c1-14-32-44(10,53)38(59-40(51)29-15-17-30(45)18-16-29)27(6)46-22-23(2)20-42(8,52)37(60-41-34(48)31(47(11)12)19-24(3)55-41)25(4)35(26(5)39(50)57-32)58-33-21-43(9,54-13)36(49)28(7)56-33/h15-18,23-28,31-38,41,46,48-49,52-53H,14,19-22H2,1-13H3/t23-,24-,25+,26-,27+,28+,31+,32+,33+,34-,35+,36+,37-,38-,41+,42+,43-,44-/m1/s1. The van der Waals surface area contributed by atoms with Crippen molar-refractivity contribution in [2.75, 3.05) is 27.7 Å². The molecule has 0 spiro atoms. The minimum absolute atomic E-state index is 0.0992. The van der Waals surface area contributed by atoms with Crippen LogP contribution in [-0.4, -0.2) is 155 Å². The van der Waals surface area contributed by atoms with E-state index in [2.05, 4.69) is 5.32 Å². The molecule has 0 unspecified atom stereocenters. The lowest BCUT2D eigenvalue weighted by Crippen LogP contribution is -2.60. The lowest BCUT2D eigenvalue weighted by molar-refractivity contribution is -0.318. The Bertz CT molecular complexity index is 1550. The van der Waals surface area contributed by atoms with Crippen LogP contribution in [0.25, 0.3) is 0 Å². The van der Waals surface area contributed by atoms with Crippen molar-refractivity contribution in [3.63, 3.8) is 0 Å². The molecule has 0 saturated carbocycles. The number of halogens is 1. The molecule has 3 heterocycles. The Labute approximate surface area is 361 Å². The number of benzene rings is 1. The molecule has 3 saturated heterocycles. The summed E-state index contributed by atoms with van der Waals surface area (Å²) in [5.74, 6) is -3.56. The molecule has 18 atom stereocenters. The number of carbonyl (C=O) groups is 2. The maximum absolute atomic E-state index is 14.6. The summed E-state index contributed by atoms with van der Waals surface area (Å²) in [6.07, 6.45) is -8.77. The average Bonchev–Trinajstić information content (AvgIpc) is 3.17. The van der Waals surface area contributed by atoms with E-state index >= 15 is 0 Å². The van der Waals surface area contributed by atoms with Gasteiger partial charge in [-0.15, -0.1) is 0 Å². The summed E-state index contributed by atoms with van der Waals surface area (Å²) >= 11 is 6.08. The summed E-state index contributed by atoms with van der Waals surface area (Å²) in [5.41, 5.74) is -4.37. The molecule has 3 aliphatic rings. The molecule has 0 radical (unpaired) electrons. The monoisotopic (exact) mass is 872 g/mol. The number of cyclic esters (lactones) is 1. The van der Waals surface area contributed by atoms with Crippen LogP contribution in [-0.2, 0) is 38.0 Å². The zero-order valence-electron chi connectivity index (χ0n) is 37.8. The topological polar surface area (TPSA) is 195 Å². The zero-order valence-corrected chi connectivity index (χ0v) is 38.5. The molecule has 0 aromatic heterocycles. The Morgan fingerprint density at radius 3 is 2.18 bits per heavy atom. The van der Waals surface area contributed by atoms with Crippen LogP contribution in [0.2, 0.25) is 5.02 Å². The zero-order chi connectivity index (χ0) is 45.1. The molecular formula is C44H73ClN2O13. The quantitative estimate of drug-likeness (QED) is 0.223. The second-order valence-corrected chi connectivity index (χ2v) is 19.0. The molecule has 60 heavy (non-hydrogen) atoms. The summed E-state index contributed by atoms with van der Waals surface area (Å²) in [7, 11) is 5.24. The van der Waals surface area contributed by atoms with Crippen molar-refractivity contribution in [3.8, 4) is 0 Å². The number of esters is 2. The van der Waals surface area contributed by atoms with E-state index in [1.165, 1.54) is 26.2 Å². The predicted octanol–water partition coefficient (Wildman–Crippen LogP) is 4.08. The number of hydrogen-bond donors (Lipinski definition) is 5. The molecular weight excluding hydrogens is 800 g/mol. The van der Waals surface area contributed by atoms with Crippen LogP contribution >= 0.6 is 11.6 Å². The fourth-order valence-corrected chi connectivity index (χ4v) is 9.47. The third-order valence-corrected chi connectivity index (χ3v) is 13.2. The number of carbonyl (C=O) groups excluding carboxylic acids is 2. The van der Waals surface area contributed by atoms with Crippen molar-refractivity contribution in [2.45, 2.75) is 185 Å². The fourth-order valence-electron chi connectivity index (χ4n) is 9.34. The van der Waals surface area contributed by atoms with E-state index in [1.807, 2.05) is 32.8 Å². The number of methoxy groups -OCH3 is 1. The van der Waals surface area contributed by atoms with Crippen LogP contribution in [0.3, 0.4) is 0 Å². The molecule has 0 aliphatic carbocycles. The first-order valence-corrected chi connectivity index (χ1v) is 21.8. The van der Waals surface area contributed by atoms with Gasteiger partial charge in [-0.05, 0) is 119 Å². The fraction of sp³-hybridized carbons (Fsp3) is 0.818. The van der Waals surface area contributed by atoms with Gasteiger partial charge in [0.15, 0.2) is 12.6 Å². The van der Waals surface area contributed by atoms with Gasteiger partial charge in [0.1, 0.15) is 30.0 Å². The van der Waals surface area contributed by atoms with Gasteiger partial charge < -0.3 is 63.8 Å². The number of rotatable bonds is 9. The normalized spacial score (nSPS) is 44.0. The van der Waals surface area contributed by atoms with Gasteiger partial charge in [0.05, 0.1) is 47.1 Å². The molecule has 0 bridgehead atoms. The lowest BCUT2D eigenvalue weighted by atomic mass is 9.77. The number of nitrogens with zero attached hydrogens (tertiary/aromatic N) is 1. The minimum Gasteiger partial charge on any atom is -0.459 e. The molecule has 0 amide bonds. The maximum atomic E-state index is 14.6. The van der Waals surface area contributed by atoms with Crippen molar-refractivity contribution < 1.29 is 63.2 Å². The Kier molecular flexibility index (Phi) is 17.5. The van der Waals surface area contributed by atoms with E-state index in [0.717, 1.165) is 0 Å². The van der Waals surface area contributed by atoms with E-state index in [0.29, 0.717) is 18.0 Å². The third-order valence-electron chi connectivity index (χ3n) is 13.0. The molecule has 15 nitrogen and oxygen atoms in total. The first-order valence-electron chi connectivity index (χ1n) is 21.4. The minimum atomic E-state index is -1.91. The Hall–Kier alpha value is -1.99. The van der Waals surface area contributed by atoms with Crippen molar-refractivity contribution >= 4 is 23.5 Å². The van der Waals surface area contributed by atoms with Gasteiger partial charge in [-0.2, -0.15) is 0 Å². The number of likely N-dealkylation sites (N-methyl/N-ethyl adjacent to an activating group) is 1. The molecule has 1 aromatic rings. The van der Waals surface area contributed by atoms with E-state index in [-0.39, 0.29) is 42.9 Å². The van der Waals surface area contributed by atoms with E-state index in [4.69, 9.17) is 44.8 Å². The van der Waals surface area contributed by atoms with Gasteiger partial charge >= 0.3 is 11.9 Å². The predicted molar refractivity (Wildman–Crippen MR) is 224 cm³/mol. The Morgan fingerprint density at radius 1 is 0.967 bits per heavy atom. The summed E-state index contributed by atoms with van der Waals surface area (Å²) in [4.78, 5) is 30.1. The average molecular weight is 874 g/mol. The summed E-state index contributed by atoms with van der Waals surface area (Å²) in [6.45, 7) is 17.7. The van der Waals surface area contributed by atoms with Crippen LogP contribution in [0, 0.1) is 17.8 Å². The molecule has 344 valence electrons. The maximum Gasteiger partial charge on any atom is 0.338 e. The summed E-state index contributed by atoms with van der Waals surface area (Å²) in [6, 6.07) is 5.21. The first-order chi connectivity index (χ1) is 27.9. The number of ether oxygens (including phenoxy) is 7. The third kappa shape index (κ3) is 11.8. The second kappa shape index (κ2) is 20.7. The highest BCUT2D eigenvalue weighted by atomic mass is 35.5. The van der Waals surface area contributed by atoms with Gasteiger partial charge in [-0.3, -0.25) is 4.79 Å². The SMILES string of the molecule is CC[C@@H]1OC(=O)[C@H](C)[C@@H](O[C@H]2C[C@@](C)(OC)[C@@H](O)[C@H](C)O2)[C@H](C)[C@@H](O[C@@H]2O[C@H](C)C[C@H](N(C)C)[C@H]2O)[C@@](C)(O)C[C@@H](C)CN[C@@H](C)[C@@H](OC(=O)c2ccc(Cl)cc2)[C@]1(C)O. The largest absolute Gasteiger partial charge is 0.459 e. The molecule has 3 aliphatic heterocycles. The highest BCUT2D eigenvalue weighted by Crippen LogP contribution is 2.40. The molecule has 4 rings (SSSR count). The molecule has 3 fully saturated rings. The number of nitrogens with one attached hydrogen (secondary N) is 1.